The molecule has 0 aromatic heterocycles. The fourth-order valence-corrected chi connectivity index (χ4v) is 2.63. The Morgan fingerprint density at radius 1 is 1.62 bits per heavy atom. The molecule has 0 saturated heterocycles. The molecule has 0 spiro atoms. The number of carboxylic acids is 1. The van der Waals surface area contributed by atoms with Gasteiger partial charge < -0.3 is 15.6 Å². The van der Waals surface area contributed by atoms with E-state index in [2.05, 4.69) is 6.92 Å². The van der Waals surface area contributed by atoms with Crippen molar-refractivity contribution in [3.63, 3.8) is 0 Å². The molecule has 0 bridgehead atoms. The molecule has 4 nitrogen and oxygen atoms in total. The first-order chi connectivity index (χ1) is 7.54. The lowest BCUT2D eigenvalue weighted by molar-refractivity contribution is 0.0692. The Hall–Kier alpha value is -1.71. The quantitative estimate of drug-likeness (QED) is 0.704. The number of ether oxygens (including phenoxy) is 1. The highest BCUT2D eigenvalue weighted by Gasteiger charge is 2.56. The zero-order valence-electron chi connectivity index (χ0n) is 8.99. The molecule has 2 atom stereocenters. The second-order valence-corrected chi connectivity index (χ2v) is 4.84. The second-order valence-electron chi connectivity index (χ2n) is 4.84. The van der Waals surface area contributed by atoms with E-state index in [1.54, 1.807) is 6.07 Å². The summed E-state index contributed by atoms with van der Waals surface area (Å²) in [6.07, 6.45) is 1.07. The molecule has 0 amide bonds. The molecule has 1 aliphatic heterocycles. The van der Waals surface area contributed by atoms with Gasteiger partial charge in [-0.25, -0.2) is 4.79 Å². The molecule has 16 heavy (non-hydrogen) atoms. The molecule has 2 unspecified atom stereocenters. The van der Waals surface area contributed by atoms with Crippen molar-refractivity contribution in [2.24, 2.45) is 5.92 Å². The summed E-state index contributed by atoms with van der Waals surface area (Å²) in [6.45, 7) is 2.76. The summed E-state index contributed by atoms with van der Waals surface area (Å²) in [6, 6.07) is 3.56. The zero-order chi connectivity index (χ0) is 11.5. The molecule has 3 rings (SSSR count). The molecule has 0 radical (unpaired) electrons. The van der Waals surface area contributed by atoms with Crippen LogP contribution in [0.1, 0.15) is 29.3 Å². The summed E-state index contributed by atoms with van der Waals surface area (Å²) < 4.78 is 5.56. The topological polar surface area (TPSA) is 72.5 Å². The third-order valence-electron chi connectivity index (χ3n) is 3.86. The van der Waals surface area contributed by atoms with E-state index in [9.17, 15) is 4.79 Å². The first kappa shape index (κ1) is 9.51. The number of benzene rings is 1. The maximum absolute atomic E-state index is 11.2. The molecule has 1 aromatic rings. The van der Waals surface area contributed by atoms with Gasteiger partial charge >= 0.3 is 5.97 Å². The van der Waals surface area contributed by atoms with E-state index in [1.807, 2.05) is 6.07 Å². The fraction of sp³-hybridized carbons (Fsp3) is 0.417. The van der Waals surface area contributed by atoms with Crippen LogP contribution in [0.15, 0.2) is 12.1 Å². The van der Waals surface area contributed by atoms with Crippen molar-refractivity contribution in [1.82, 2.24) is 0 Å². The van der Waals surface area contributed by atoms with Crippen molar-refractivity contribution in [2.45, 2.75) is 18.8 Å². The van der Waals surface area contributed by atoms with Crippen LogP contribution in [0.5, 0.6) is 5.75 Å². The van der Waals surface area contributed by atoms with Crippen molar-refractivity contribution < 1.29 is 14.6 Å². The van der Waals surface area contributed by atoms with E-state index in [-0.39, 0.29) is 16.7 Å². The van der Waals surface area contributed by atoms with Crippen LogP contribution in [0, 0.1) is 5.92 Å². The van der Waals surface area contributed by atoms with Crippen molar-refractivity contribution in [2.75, 3.05) is 12.3 Å². The molecule has 1 aliphatic carbocycles. The first-order valence-corrected chi connectivity index (χ1v) is 5.33. The molecule has 4 heteroatoms. The fourth-order valence-electron chi connectivity index (χ4n) is 2.63. The van der Waals surface area contributed by atoms with Gasteiger partial charge in [0.2, 0.25) is 0 Å². The summed E-state index contributed by atoms with van der Waals surface area (Å²) in [7, 11) is 0. The van der Waals surface area contributed by atoms with Crippen molar-refractivity contribution in [3.8, 4) is 5.75 Å². The summed E-state index contributed by atoms with van der Waals surface area (Å²) >= 11 is 0. The van der Waals surface area contributed by atoms with Crippen LogP contribution in [-0.4, -0.2) is 17.7 Å². The van der Waals surface area contributed by atoms with Gasteiger partial charge in [0.25, 0.3) is 0 Å². The standard InChI is InChI=1S/C12H13NO3/c1-12-4-6(12)5-16-10-7(12)2-3-8(13)9(10)11(14)15/h2-3,6H,4-5,13H2,1H3,(H,14,15). The lowest BCUT2D eigenvalue weighted by Gasteiger charge is -2.24. The maximum Gasteiger partial charge on any atom is 0.341 e. The van der Waals surface area contributed by atoms with E-state index >= 15 is 0 Å². The molecule has 2 aliphatic rings. The third-order valence-corrected chi connectivity index (χ3v) is 3.86. The molecule has 1 saturated carbocycles. The molecular formula is C12H13NO3. The number of aromatic carboxylic acids is 1. The SMILES string of the molecule is CC12CC1COc1c2ccc(N)c1C(=O)O. The van der Waals surface area contributed by atoms with Gasteiger partial charge in [0.15, 0.2) is 0 Å². The largest absolute Gasteiger partial charge is 0.492 e. The lowest BCUT2D eigenvalue weighted by atomic mass is 9.90. The number of hydrogen-bond acceptors (Lipinski definition) is 3. The smallest absolute Gasteiger partial charge is 0.341 e. The van der Waals surface area contributed by atoms with E-state index in [1.165, 1.54) is 0 Å². The Balaban J connectivity index is 2.24. The predicted octanol–water partition coefficient (Wildman–Crippen LogP) is 1.64. The highest BCUT2D eigenvalue weighted by molar-refractivity contribution is 5.97. The Morgan fingerprint density at radius 2 is 2.38 bits per heavy atom. The van der Waals surface area contributed by atoms with Gasteiger partial charge in [0.05, 0.1) is 6.61 Å². The van der Waals surface area contributed by atoms with Gasteiger partial charge in [-0.15, -0.1) is 0 Å². The number of fused-ring (bicyclic) bond motifs is 3. The van der Waals surface area contributed by atoms with Crippen LogP contribution in [-0.2, 0) is 5.41 Å². The monoisotopic (exact) mass is 219 g/mol. The minimum atomic E-state index is -1.02. The number of carboxylic acid groups (broad SMARTS) is 1. The maximum atomic E-state index is 11.2. The Morgan fingerprint density at radius 3 is 3.06 bits per heavy atom. The van der Waals surface area contributed by atoms with Gasteiger partial charge in [-0.3, -0.25) is 0 Å². The number of hydrogen-bond donors (Lipinski definition) is 2. The molecular weight excluding hydrogens is 206 g/mol. The van der Waals surface area contributed by atoms with E-state index < -0.39 is 5.97 Å². The van der Waals surface area contributed by atoms with E-state index in [4.69, 9.17) is 15.6 Å². The van der Waals surface area contributed by atoms with Crippen molar-refractivity contribution in [3.05, 3.63) is 23.3 Å². The molecule has 1 heterocycles. The summed E-state index contributed by atoms with van der Waals surface area (Å²) in [5.74, 6) is -0.00827. The number of nitrogens with two attached hydrogens (primary N) is 1. The van der Waals surface area contributed by atoms with Gasteiger partial charge in [-0.1, -0.05) is 13.0 Å². The molecule has 84 valence electrons. The van der Waals surface area contributed by atoms with Crippen LogP contribution >= 0.6 is 0 Å². The highest BCUT2D eigenvalue weighted by atomic mass is 16.5. The van der Waals surface area contributed by atoms with Crippen molar-refractivity contribution in [1.29, 1.82) is 0 Å². The zero-order valence-corrected chi connectivity index (χ0v) is 8.99. The van der Waals surface area contributed by atoms with Crippen molar-refractivity contribution >= 4 is 11.7 Å². The predicted molar refractivity (Wildman–Crippen MR) is 58.8 cm³/mol. The minimum absolute atomic E-state index is 0.103. The number of rotatable bonds is 1. The van der Waals surface area contributed by atoms with Crippen LogP contribution in [0.2, 0.25) is 0 Å². The van der Waals surface area contributed by atoms with Crippen LogP contribution < -0.4 is 10.5 Å². The minimum Gasteiger partial charge on any atom is -0.492 e. The lowest BCUT2D eigenvalue weighted by Crippen LogP contribution is -2.21. The van der Waals surface area contributed by atoms with E-state index in [0.29, 0.717) is 18.3 Å². The summed E-state index contributed by atoms with van der Waals surface area (Å²) in [5.41, 5.74) is 7.17. The summed E-state index contributed by atoms with van der Waals surface area (Å²) in [4.78, 5) is 11.2. The molecule has 1 fully saturated rings. The third kappa shape index (κ3) is 1.01. The highest BCUT2D eigenvalue weighted by Crippen LogP contribution is 2.60. The number of nitrogen functional groups attached to an aromatic ring is 1. The molecule has 1 aromatic carbocycles. The Labute approximate surface area is 93.0 Å². The van der Waals surface area contributed by atoms with Gasteiger partial charge in [-0.05, 0) is 12.5 Å². The van der Waals surface area contributed by atoms with Gasteiger partial charge in [0.1, 0.15) is 11.3 Å². The van der Waals surface area contributed by atoms with Gasteiger partial charge in [0, 0.05) is 22.6 Å². The number of anilines is 1. The van der Waals surface area contributed by atoms with E-state index in [0.717, 1.165) is 12.0 Å². The average Bonchev–Trinajstić information content (AvgIpc) is 2.88. The first-order valence-electron chi connectivity index (χ1n) is 5.33. The Kier molecular flexibility index (Phi) is 1.60. The van der Waals surface area contributed by atoms with Crippen LogP contribution in [0.4, 0.5) is 5.69 Å². The second kappa shape index (κ2) is 2.70. The molecule has 3 N–H and O–H groups in total. The number of carbonyl (C=O) groups is 1. The normalized spacial score (nSPS) is 29.9. The summed E-state index contributed by atoms with van der Waals surface area (Å²) in [5, 5.41) is 9.15. The van der Waals surface area contributed by atoms with Crippen LogP contribution in [0.3, 0.4) is 0 Å². The average molecular weight is 219 g/mol. The Bertz CT molecular complexity index is 497. The van der Waals surface area contributed by atoms with Crippen LogP contribution in [0.25, 0.3) is 0 Å². The van der Waals surface area contributed by atoms with Gasteiger partial charge in [-0.2, -0.15) is 0 Å².